The number of hydrogen-bond donors (Lipinski definition) is 1. The normalized spacial score (nSPS) is 15.0. The van der Waals surface area contributed by atoms with Gasteiger partial charge in [0.05, 0.1) is 0 Å². The van der Waals surface area contributed by atoms with Crippen molar-refractivity contribution in [2.75, 3.05) is 50.1 Å². The fourth-order valence-electron chi connectivity index (χ4n) is 2.56. The van der Waals surface area contributed by atoms with E-state index in [1.807, 2.05) is 37.3 Å². The first-order valence-corrected chi connectivity index (χ1v) is 8.37. The first-order chi connectivity index (χ1) is 12.1. The molecule has 1 N–H and O–H groups in total. The third-order valence-electron chi connectivity index (χ3n) is 4.14. The van der Waals surface area contributed by atoms with Crippen LogP contribution in [0.4, 0.5) is 11.6 Å². The highest BCUT2D eigenvalue weighted by Gasteiger charge is 2.15. The van der Waals surface area contributed by atoms with Crippen molar-refractivity contribution in [2.24, 2.45) is 0 Å². The Hall–Kier alpha value is -2.67. The monoisotopic (exact) mass is 341 g/mol. The van der Waals surface area contributed by atoms with Crippen LogP contribution in [0.2, 0.25) is 0 Å². The molecular weight excluding hydrogens is 318 g/mol. The Balaban J connectivity index is 1.49. The summed E-state index contributed by atoms with van der Waals surface area (Å²) in [6.07, 6.45) is 0. The second-order valence-corrected chi connectivity index (χ2v) is 6.22. The molecule has 0 atom stereocenters. The van der Waals surface area contributed by atoms with E-state index in [2.05, 4.69) is 32.4 Å². The summed E-state index contributed by atoms with van der Waals surface area (Å²) >= 11 is 0. The van der Waals surface area contributed by atoms with Gasteiger partial charge in [-0.2, -0.15) is 0 Å². The van der Waals surface area contributed by atoms with Crippen LogP contribution in [-0.4, -0.2) is 60.8 Å². The number of anilines is 2. The number of aryl methyl sites for hydroxylation is 1. The second kappa shape index (κ2) is 7.94. The number of carbonyl (C=O) groups excluding carboxylic acids is 1. The minimum Gasteiger partial charge on any atom is -0.484 e. The van der Waals surface area contributed by atoms with Crippen LogP contribution in [0.5, 0.6) is 5.75 Å². The Morgan fingerprint density at radius 1 is 1.08 bits per heavy atom. The predicted octanol–water partition coefficient (Wildman–Crippen LogP) is 1.55. The maximum atomic E-state index is 12.0. The summed E-state index contributed by atoms with van der Waals surface area (Å²) in [5.41, 5.74) is 1.15. The molecule has 1 saturated heterocycles. The predicted molar refractivity (Wildman–Crippen MR) is 97.0 cm³/mol. The number of amides is 1. The summed E-state index contributed by atoms with van der Waals surface area (Å²) in [6.45, 7) is 5.82. The number of benzene rings is 1. The third-order valence-corrected chi connectivity index (χ3v) is 4.14. The van der Waals surface area contributed by atoms with E-state index < -0.39 is 0 Å². The molecule has 2 aromatic rings. The number of carbonyl (C=O) groups is 1. The summed E-state index contributed by atoms with van der Waals surface area (Å²) in [6, 6.07) is 11.2. The lowest BCUT2D eigenvalue weighted by Crippen LogP contribution is -2.44. The molecule has 1 amide bonds. The van der Waals surface area contributed by atoms with Gasteiger partial charge in [-0.1, -0.05) is 17.7 Å². The Morgan fingerprint density at radius 3 is 2.44 bits per heavy atom. The number of rotatable bonds is 5. The molecule has 3 rings (SSSR count). The van der Waals surface area contributed by atoms with E-state index in [1.54, 1.807) is 6.07 Å². The van der Waals surface area contributed by atoms with Crippen molar-refractivity contribution >= 4 is 17.5 Å². The molecule has 0 aliphatic carbocycles. The van der Waals surface area contributed by atoms with Gasteiger partial charge in [-0.05, 0) is 38.2 Å². The van der Waals surface area contributed by atoms with Crippen LogP contribution in [-0.2, 0) is 4.79 Å². The molecule has 25 heavy (non-hydrogen) atoms. The van der Waals surface area contributed by atoms with Crippen molar-refractivity contribution in [1.82, 2.24) is 15.1 Å². The van der Waals surface area contributed by atoms with Gasteiger partial charge in [0.1, 0.15) is 5.75 Å². The molecule has 0 spiro atoms. The maximum Gasteiger partial charge on any atom is 0.263 e. The molecule has 1 fully saturated rings. The molecular formula is C18H23N5O2. The average Bonchev–Trinajstić information content (AvgIpc) is 2.63. The number of ether oxygens (including phenoxy) is 1. The molecule has 7 nitrogen and oxygen atoms in total. The molecule has 0 radical (unpaired) electrons. The van der Waals surface area contributed by atoms with Gasteiger partial charge in [0.15, 0.2) is 18.2 Å². The first-order valence-electron chi connectivity index (χ1n) is 8.37. The molecule has 1 aromatic carbocycles. The summed E-state index contributed by atoms with van der Waals surface area (Å²) in [5, 5.41) is 11.0. The highest BCUT2D eigenvalue weighted by atomic mass is 16.5. The van der Waals surface area contributed by atoms with Crippen molar-refractivity contribution in [1.29, 1.82) is 0 Å². The Labute approximate surface area is 147 Å². The Morgan fingerprint density at radius 2 is 1.80 bits per heavy atom. The second-order valence-electron chi connectivity index (χ2n) is 6.22. The van der Waals surface area contributed by atoms with Gasteiger partial charge in [-0.15, -0.1) is 10.2 Å². The summed E-state index contributed by atoms with van der Waals surface area (Å²) in [4.78, 5) is 16.4. The van der Waals surface area contributed by atoms with E-state index >= 15 is 0 Å². The molecule has 2 heterocycles. The molecule has 0 bridgehead atoms. The molecule has 1 aromatic heterocycles. The van der Waals surface area contributed by atoms with Gasteiger partial charge < -0.3 is 19.9 Å². The number of aromatic nitrogens is 2. The van der Waals surface area contributed by atoms with Gasteiger partial charge in [0.2, 0.25) is 0 Å². The van der Waals surface area contributed by atoms with Crippen LogP contribution >= 0.6 is 0 Å². The fraction of sp³-hybridized carbons (Fsp3) is 0.389. The highest BCUT2D eigenvalue weighted by molar-refractivity contribution is 5.90. The molecule has 0 saturated carbocycles. The van der Waals surface area contributed by atoms with Crippen molar-refractivity contribution in [3.63, 3.8) is 0 Å². The topological polar surface area (TPSA) is 70.6 Å². The van der Waals surface area contributed by atoms with E-state index in [-0.39, 0.29) is 12.5 Å². The van der Waals surface area contributed by atoms with Gasteiger partial charge in [0, 0.05) is 26.2 Å². The fourth-order valence-corrected chi connectivity index (χ4v) is 2.56. The largest absolute Gasteiger partial charge is 0.484 e. The van der Waals surface area contributed by atoms with E-state index in [0.717, 1.165) is 37.6 Å². The van der Waals surface area contributed by atoms with Crippen LogP contribution in [0.1, 0.15) is 5.56 Å². The van der Waals surface area contributed by atoms with Crippen LogP contribution in [0.25, 0.3) is 0 Å². The molecule has 7 heteroatoms. The third kappa shape index (κ3) is 4.90. The van der Waals surface area contributed by atoms with E-state index in [9.17, 15) is 4.79 Å². The lowest BCUT2D eigenvalue weighted by Gasteiger charge is -2.32. The van der Waals surface area contributed by atoms with Gasteiger partial charge in [-0.25, -0.2) is 0 Å². The first kappa shape index (κ1) is 17.2. The zero-order chi connectivity index (χ0) is 17.6. The van der Waals surface area contributed by atoms with E-state index in [0.29, 0.717) is 11.6 Å². The molecule has 1 aliphatic rings. The Bertz CT molecular complexity index is 694. The zero-order valence-electron chi connectivity index (χ0n) is 14.6. The Kier molecular flexibility index (Phi) is 5.45. The summed E-state index contributed by atoms with van der Waals surface area (Å²) in [5.74, 6) is 1.66. The summed E-state index contributed by atoms with van der Waals surface area (Å²) in [7, 11) is 2.11. The summed E-state index contributed by atoms with van der Waals surface area (Å²) < 4.78 is 5.45. The quantitative estimate of drug-likeness (QED) is 0.890. The van der Waals surface area contributed by atoms with E-state index in [4.69, 9.17) is 4.74 Å². The van der Waals surface area contributed by atoms with E-state index in [1.165, 1.54) is 0 Å². The number of piperazine rings is 1. The molecule has 132 valence electrons. The van der Waals surface area contributed by atoms with Crippen LogP contribution in [0.15, 0.2) is 36.4 Å². The van der Waals surface area contributed by atoms with Gasteiger partial charge in [-0.3, -0.25) is 4.79 Å². The molecule has 1 aliphatic heterocycles. The van der Waals surface area contributed by atoms with Crippen molar-refractivity contribution in [3.8, 4) is 5.75 Å². The SMILES string of the molecule is Cc1ccc(OCC(=O)Nc2ccc(N3CCN(C)CC3)nn2)cc1. The van der Waals surface area contributed by atoms with Gasteiger partial charge in [0.25, 0.3) is 5.91 Å². The van der Waals surface area contributed by atoms with Crippen LogP contribution in [0, 0.1) is 6.92 Å². The highest BCUT2D eigenvalue weighted by Crippen LogP contribution is 2.14. The maximum absolute atomic E-state index is 12.0. The van der Waals surface area contributed by atoms with Crippen molar-refractivity contribution < 1.29 is 9.53 Å². The lowest BCUT2D eigenvalue weighted by molar-refractivity contribution is -0.118. The number of nitrogens with zero attached hydrogens (tertiary/aromatic N) is 4. The van der Waals surface area contributed by atoms with Gasteiger partial charge >= 0.3 is 0 Å². The number of nitrogens with one attached hydrogen (secondary N) is 1. The number of hydrogen-bond acceptors (Lipinski definition) is 6. The van der Waals surface area contributed by atoms with Crippen molar-refractivity contribution in [3.05, 3.63) is 42.0 Å². The van der Waals surface area contributed by atoms with Crippen molar-refractivity contribution in [2.45, 2.75) is 6.92 Å². The minimum atomic E-state index is -0.262. The van der Waals surface area contributed by atoms with Crippen LogP contribution < -0.4 is 15.0 Å². The minimum absolute atomic E-state index is 0.0645. The standard InChI is InChI=1S/C18H23N5O2/c1-14-3-5-15(6-4-14)25-13-18(24)19-16-7-8-17(21-20-16)23-11-9-22(2)10-12-23/h3-8H,9-13H2,1-2H3,(H,19,20,24). The van der Waals surface area contributed by atoms with Crippen LogP contribution in [0.3, 0.4) is 0 Å². The average molecular weight is 341 g/mol. The lowest BCUT2D eigenvalue weighted by atomic mass is 10.2. The molecule has 0 unspecified atom stereocenters. The zero-order valence-corrected chi connectivity index (χ0v) is 14.6. The smallest absolute Gasteiger partial charge is 0.263 e. The number of likely N-dealkylation sites (N-methyl/N-ethyl adjacent to an activating group) is 1.